The fourth-order valence-corrected chi connectivity index (χ4v) is 1.42. The number of benzene rings is 1. The average Bonchev–Trinajstić information content (AvgIpc) is 2.29. The van der Waals surface area contributed by atoms with Crippen LogP contribution in [0.15, 0.2) is 43.5 Å². The lowest BCUT2D eigenvalue weighted by Gasteiger charge is -2.22. The first-order chi connectivity index (χ1) is 7.72. The van der Waals surface area contributed by atoms with Crippen molar-refractivity contribution in [1.29, 1.82) is 5.26 Å². The zero-order valence-corrected chi connectivity index (χ0v) is 8.99. The topological polar surface area (TPSA) is 27.0 Å². The van der Waals surface area contributed by atoms with Gasteiger partial charge in [-0.2, -0.15) is 5.26 Å². The van der Waals surface area contributed by atoms with Crippen LogP contribution in [0.2, 0.25) is 0 Å². The Morgan fingerprint density at radius 2 is 1.94 bits per heavy atom. The maximum atomic E-state index is 13.7. The monoisotopic (exact) mass is 216 g/mol. The summed E-state index contributed by atoms with van der Waals surface area (Å²) in [6, 6.07) is 6.32. The molecule has 1 aromatic rings. The zero-order valence-electron chi connectivity index (χ0n) is 8.99. The van der Waals surface area contributed by atoms with Gasteiger partial charge in [0.25, 0.3) is 0 Å². The second-order valence-electron chi connectivity index (χ2n) is 3.26. The van der Waals surface area contributed by atoms with Crippen molar-refractivity contribution in [3.63, 3.8) is 0 Å². The van der Waals surface area contributed by atoms with Gasteiger partial charge in [-0.1, -0.05) is 12.2 Å². The van der Waals surface area contributed by atoms with Crippen LogP contribution in [-0.2, 0) is 0 Å². The predicted molar refractivity (Wildman–Crippen MR) is 63.7 cm³/mol. The molecular weight excluding hydrogens is 203 g/mol. The first kappa shape index (κ1) is 12.0. The molecule has 0 saturated heterocycles. The van der Waals surface area contributed by atoms with E-state index in [1.807, 2.05) is 6.07 Å². The number of hydrogen-bond donors (Lipinski definition) is 0. The maximum Gasteiger partial charge on any atom is 0.147 e. The second kappa shape index (κ2) is 5.72. The Morgan fingerprint density at radius 3 is 2.38 bits per heavy atom. The van der Waals surface area contributed by atoms with Crippen LogP contribution in [0, 0.1) is 17.1 Å². The summed E-state index contributed by atoms with van der Waals surface area (Å²) < 4.78 is 13.7. The Morgan fingerprint density at radius 1 is 1.31 bits per heavy atom. The van der Waals surface area contributed by atoms with E-state index in [-0.39, 0.29) is 0 Å². The van der Waals surface area contributed by atoms with Crippen molar-refractivity contribution in [2.45, 2.75) is 0 Å². The van der Waals surface area contributed by atoms with E-state index in [1.54, 1.807) is 29.2 Å². The van der Waals surface area contributed by atoms with E-state index in [1.165, 1.54) is 6.07 Å². The standard InChI is InChI=1S/C13H13FN2/c1-3-7-16(8-4-2)13-6-5-11(10-15)9-12(13)14/h3-6,9H,1-2,7-8H2. The summed E-state index contributed by atoms with van der Waals surface area (Å²) in [6.45, 7) is 8.31. The van der Waals surface area contributed by atoms with Crippen molar-refractivity contribution < 1.29 is 4.39 Å². The van der Waals surface area contributed by atoms with Gasteiger partial charge in [0.05, 0.1) is 17.3 Å². The highest BCUT2D eigenvalue weighted by molar-refractivity contribution is 5.52. The molecule has 1 aromatic carbocycles. The molecule has 0 bridgehead atoms. The largest absolute Gasteiger partial charge is 0.362 e. The molecule has 16 heavy (non-hydrogen) atoms. The van der Waals surface area contributed by atoms with Crippen LogP contribution in [0.3, 0.4) is 0 Å². The highest BCUT2D eigenvalue weighted by Crippen LogP contribution is 2.20. The molecule has 0 spiro atoms. The van der Waals surface area contributed by atoms with Crippen molar-refractivity contribution in [2.24, 2.45) is 0 Å². The summed E-state index contributed by atoms with van der Waals surface area (Å²) >= 11 is 0. The third kappa shape index (κ3) is 2.71. The van der Waals surface area contributed by atoms with Crippen molar-refractivity contribution in [1.82, 2.24) is 0 Å². The first-order valence-electron chi connectivity index (χ1n) is 4.89. The van der Waals surface area contributed by atoms with E-state index >= 15 is 0 Å². The number of anilines is 1. The Kier molecular flexibility index (Phi) is 4.28. The molecule has 0 aliphatic rings. The summed E-state index contributed by atoms with van der Waals surface area (Å²) in [7, 11) is 0. The summed E-state index contributed by atoms with van der Waals surface area (Å²) in [6.07, 6.45) is 3.39. The SMILES string of the molecule is C=CCN(CC=C)c1ccc(C#N)cc1F. The van der Waals surface area contributed by atoms with E-state index in [9.17, 15) is 4.39 Å². The molecule has 0 saturated carbocycles. The molecule has 0 fully saturated rings. The first-order valence-corrected chi connectivity index (χ1v) is 4.89. The quantitative estimate of drug-likeness (QED) is 0.708. The van der Waals surface area contributed by atoms with Crippen molar-refractivity contribution >= 4 is 5.69 Å². The van der Waals surface area contributed by atoms with Crippen LogP contribution in [0.4, 0.5) is 10.1 Å². The van der Waals surface area contributed by atoms with Gasteiger partial charge in [-0.15, -0.1) is 13.2 Å². The zero-order chi connectivity index (χ0) is 12.0. The molecule has 2 nitrogen and oxygen atoms in total. The Balaban J connectivity index is 3.04. The van der Waals surface area contributed by atoms with E-state index in [4.69, 9.17) is 5.26 Å². The van der Waals surface area contributed by atoms with Crippen molar-refractivity contribution in [3.8, 4) is 6.07 Å². The van der Waals surface area contributed by atoms with Crippen LogP contribution >= 0.6 is 0 Å². The van der Waals surface area contributed by atoms with E-state index in [0.717, 1.165) is 0 Å². The summed E-state index contributed by atoms with van der Waals surface area (Å²) in [5, 5.41) is 8.64. The van der Waals surface area contributed by atoms with E-state index in [0.29, 0.717) is 24.3 Å². The molecule has 0 amide bonds. The summed E-state index contributed by atoms with van der Waals surface area (Å²) in [5.74, 6) is -0.400. The number of hydrogen-bond acceptors (Lipinski definition) is 2. The van der Waals surface area contributed by atoms with E-state index in [2.05, 4.69) is 13.2 Å². The molecule has 0 aliphatic carbocycles. The van der Waals surface area contributed by atoms with E-state index < -0.39 is 5.82 Å². The predicted octanol–water partition coefficient (Wildman–Crippen LogP) is 2.88. The van der Waals surface area contributed by atoms with Gasteiger partial charge in [0, 0.05) is 13.1 Å². The lowest BCUT2D eigenvalue weighted by molar-refractivity contribution is 0.622. The van der Waals surface area contributed by atoms with Gasteiger partial charge in [-0.05, 0) is 18.2 Å². The fraction of sp³-hybridized carbons (Fsp3) is 0.154. The molecule has 0 radical (unpaired) electrons. The molecule has 1 rings (SSSR count). The average molecular weight is 216 g/mol. The number of halogens is 1. The van der Waals surface area contributed by atoms with Gasteiger partial charge in [0.2, 0.25) is 0 Å². The molecule has 0 aromatic heterocycles. The third-order valence-electron chi connectivity index (χ3n) is 2.12. The molecule has 0 atom stereocenters. The van der Waals surface area contributed by atoms with Crippen LogP contribution in [0.25, 0.3) is 0 Å². The Hall–Kier alpha value is -2.08. The van der Waals surface area contributed by atoms with Crippen molar-refractivity contribution in [3.05, 3.63) is 54.9 Å². The molecule has 0 unspecified atom stereocenters. The molecule has 3 heteroatoms. The highest BCUT2D eigenvalue weighted by atomic mass is 19.1. The van der Waals surface area contributed by atoms with Gasteiger partial charge in [-0.3, -0.25) is 0 Å². The van der Waals surface area contributed by atoms with Gasteiger partial charge in [0.1, 0.15) is 5.82 Å². The number of nitrogens with zero attached hydrogens (tertiary/aromatic N) is 2. The minimum atomic E-state index is -0.400. The van der Waals surface area contributed by atoms with Crippen LogP contribution < -0.4 is 4.90 Å². The van der Waals surface area contributed by atoms with Gasteiger partial charge >= 0.3 is 0 Å². The van der Waals surface area contributed by atoms with Gasteiger partial charge in [0.15, 0.2) is 0 Å². The Labute approximate surface area is 94.9 Å². The number of rotatable bonds is 5. The molecular formula is C13H13FN2. The van der Waals surface area contributed by atoms with Gasteiger partial charge in [-0.25, -0.2) is 4.39 Å². The fourth-order valence-electron chi connectivity index (χ4n) is 1.42. The lowest BCUT2D eigenvalue weighted by Crippen LogP contribution is -2.24. The highest BCUT2D eigenvalue weighted by Gasteiger charge is 2.09. The van der Waals surface area contributed by atoms with Gasteiger partial charge < -0.3 is 4.90 Å². The third-order valence-corrected chi connectivity index (χ3v) is 2.12. The Bertz CT molecular complexity index is 422. The number of nitriles is 1. The van der Waals surface area contributed by atoms with Crippen LogP contribution in [0.1, 0.15) is 5.56 Å². The molecule has 0 heterocycles. The van der Waals surface area contributed by atoms with Crippen LogP contribution in [0.5, 0.6) is 0 Å². The molecule has 0 N–H and O–H groups in total. The maximum absolute atomic E-state index is 13.7. The summed E-state index contributed by atoms with van der Waals surface area (Å²) in [5.41, 5.74) is 0.775. The summed E-state index contributed by atoms with van der Waals surface area (Å²) in [4.78, 5) is 1.79. The molecule has 0 aliphatic heterocycles. The van der Waals surface area contributed by atoms with Crippen LogP contribution in [-0.4, -0.2) is 13.1 Å². The van der Waals surface area contributed by atoms with Crippen molar-refractivity contribution in [2.75, 3.05) is 18.0 Å². The second-order valence-corrected chi connectivity index (χ2v) is 3.26. The smallest absolute Gasteiger partial charge is 0.147 e. The normalized spacial score (nSPS) is 9.25. The minimum Gasteiger partial charge on any atom is -0.362 e. The molecule has 82 valence electrons. The lowest BCUT2D eigenvalue weighted by atomic mass is 10.2. The minimum absolute atomic E-state index is 0.318.